The number of nitrogens with two attached hydrogens (primary N) is 1. The largest absolute Gasteiger partial charge is 0.383 e. The standard InChI is InChI=1S/C10H15N3OS/c11-10-9(2-1-5-13-10)15-14-8-3-6-12-7-4-8/h1-2,5,8,12H,3-4,6-7H2,(H2,11,13). The number of nitrogens with one attached hydrogen (secondary N) is 1. The zero-order chi connectivity index (χ0) is 10.5. The van der Waals surface area contributed by atoms with Crippen molar-refractivity contribution in [2.75, 3.05) is 18.8 Å². The number of rotatable bonds is 3. The topological polar surface area (TPSA) is 60.2 Å². The van der Waals surface area contributed by atoms with Crippen LogP contribution in [0, 0.1) is 0 Å². The normalized spacial score (nSPS) is 17.9. The molecule has 15 heavy (non-hydrogen) atoms. The molecule has 0 radical (unpaired) electrons. The molecule has 1 aromatic rings. The van der Waals surface area contributed by atoms with E-state index in [0.717, 1.165) is 30.8 Å². The zero-order valence-electron chi connectivity index (χ0n) is 8.48. The molecule has 0 aliphatic carbocycles. The van der Waals surface area contributed by atoms with Gasteiger partial charge in [0.1, 0.15) is 5.82 Å². The Morgan fingerprint density at radius 2 is 2.27 bits per heavy atom. The third-order valence-corrected chi connectivity index (χ3v) is 3.25. The van der Waals surface area contributed by atoms with Crippen LogP contribution in [-0.4, -0.2) is 24.2 Å². The molecule has 82 valence electrons. The summed E-state index contributed by atoms with van der Waals surface area (Å²) >= 11 is 1.34. The first-order valence-corrected chi connectivity index (χ1v) is 5.85. The number of nitrogens with zero attached hydrogens (tertiary/aromatic N) is 1. The smallest absolute Gasteiger partial charge is 0.139 e. The Balaban J connectivity index is 1.84. The van der Waals surface area contributed by atoms with Crippen LogP contribution in [-0.2, 0) is 4.18 Å². The molecule has 0 amide bonds. The second-order valence-corrected chi connectivity index (χ2v) is 4.31. The van der Waals surface area contributed by atoms with E-state index in [4.69, 9.17) is 9.92 Å². The van der Waals surface area contributed by atoms with Gasteiger partial charge in [0.05, 0.1) is 11.0 Å². The predicted octanol–water partition coefficient (Wildman–Crippen LogP) is 1.44. The van der Waals surface area contributed by atoms with E-state index in [-0.39, 0.29) is 0 Å². The average Bonchev–Trinajstić information content (AvgIpc) is 2.29. The number of nitrogen functional groups attached to an aromatic ring is 1. The second-order valence-electron chi connectivity index (χ2n) is 3.52. The molecular formula is C10H15N3OS. The molecule has 2 heterocycles. The first-order chi connectivity index (χ1) is 7.36. The van der Waals surface area contributed by atoms with Gasteiger partial charge < -0.3 is 15.2 Å². The minimum absolute atomic E-state index is 0.329. The summed E-state index contributed by atoms with van der Waals surface area (Å²) in [4.78, 5) is 4.91. The number of piperidine rings is 1. The SMILES string of the molecule is Nc1ncccc1SOC1CCNCC1. The molecule has 3 N–H and O–H groups in total. The lowest BCUT2D eigenvalue weighted by molar-refractivity contribution is 0.194. The highest BCUT2D eigenvalue weighted by Gasteiger charge is 2.14. The van der Waals surface area contributed by atoms with Gasteiger partial charge in [-0.25, -0.2) is 4.98 Å². The van der Waals surface area contributed by atoms with Crippen molar-refractivity contribution in [3.8, 4) is 0 Å². The summed E-state index contributed by atoms with van der Waals surface area (Å²) in [6.45, 7) is 2.07. The number of hydrogen-bond donors (Lipinski definition) is 2. The Morgan fingerprint density at radius 1 is 1.47 bits per heavy atom. The van der Waals surface area contributed by atoms with Gasteiger partial charge in [-0.1, -0.05) is 0 Å². The zero-order valence-corrected chi connectivity index (χ0v) is 9.30. The Labute approximate surface area is 93.8 Å². The molecule has 1 fully saturated rings. The van der Waals surface area contributed by atoms with Crippen molar-refractivity contribution in [3.63, 3.8) is 0 Å². The number of aromatic nitrogens is 1. The van der Waals surface area contributed by atoms with Gasteiger partial charge in [-0.3, -0.25) is 0 Å². The highest BCUT2D eigenvalue weighted by atomic mass is 32.2. The molecule has 1 aromatic heterocycles. The fourth-order valence-corrected chi connectivity index (χ4v) is 2.19. The summed E-state index contributed by atoms with van der Waals surface area (Å²) in [6, 6.07) is 3.79. The van der Waals surface area contributed by atoms with Gasteiger partial charge in [-0.05, 0) is 38.1 Å². The summed E-state index contributed by atoms with van der Waals surface area (Å²) in [5.74, 6) is 0.538. The first kappa shape index (κ1) is 10.7. The molecule has 1 aliphatic rings. The number of pyridine rings is 1. The molecule has 0 unspecified atom stereocenters. The molecule has 1 aliphatic heterocycles. The molecule has 1 saturated heterocycles. The van der Waals surface area contributed by atoms with Gasteiger partial charge in [0.2, 0.25) is 0 Å². The van der Waals surface area contributed by atoms with Crippen LogP contribution in [0.1, 0.15) is 12.8 Å². The highest BCUT2D eigenvalue weighted by molar-refractivity contribution is 7.94. The lowest BCUT2D eigenvalue weighted by atomic mass is 10.1. The van der Waals surface area contributed by atoms with Crippen molar-refractivity contribution in [3.05, 3.63) is 18.3 Å². The summed E-state index contributed by atoms with van der Waals surface area (Å²) in [5, 5.41) is 3.30. The second kappa shape index (κ2) is 5.34. The maximum absolute atomic E-state index is 5.71. The summed E-state index contributed by atoms with van der Waals surface area (Å²) in [5.41, 5.74) is 5.71. The van der Waals surface area contributed by atoms with Crippen LogP contribution < -0.4 is 11.1 Å². The number of hydrogen-bond acceptors (Lipinski definition) is 5. The van der Waals surface area contributed by atoms with Crippen molar-refractivity contribution >= 4 is 17.9 Å². The monoisotopic (exact) mass is 225 g/mol. The molecule has 0 bridgehead atoms. The van der Waals surface area contributed by atoms with E-state index in [9.17, 15) is 0 Å². The van der Waals surface area contributed by atoms with Crippen molar-refractivity contribution in [1.29, 1.82) is 0 Å². The van der Waals surface area contributed by atoms with Gasteiger partial charge >= 0.3 is 0 Å². The van der Waals surface area contributed by atoms with Crippen LogP contribution in [0.25, 0.3) is 0 Å². The third-order valence-electron chi connectivity index (χ3n) is 2.36. The van der Waals surface area contributed by atoms with E-state index in [1.54, 1.807) is 6.20 Å². The summed E-state index contributed by atoms with van der Waals surface area (Å²) in [7, 11) is 0. The molecule has 4 nitrogen and oxygen atoms in total. The fraction of sp³-hybridized carbons (Fsp3) is 0.500. The Hall–Kier alpha value is -0.780. The van der Waals surface area contributed by atoms with Crippen molar-refractivity contribution < 1.29 is 4.18 Å². The van der Waals surface area contributed by atoms with Crippen LogP contribution in [0.15, 0.2) is 23.2 Å². The Bertz CT molecular complexity index is 315. The quantitative estimate of drug-likeness (QED) is 0.762. The Kier molecular flexibility index (Phi) is 3.82. The van der Waals surface area contributed by atoms with Gasteiger partial charge in [-0.15, -0.1) is 0 Å². The highest BCUT2D eigenvalue weighted by Crippen LogP contribution is 2.26. The van der Waals surface area contributed by atoms with Crippen LogP contribution in [0.3, 0.4) is 0 Å². The molecule has 0 atom stereocenters. The van der Waals surface area contributed by atoms with Gasteiger partial charge in [0.15, 0.2) is 0 Å². The summed E-state index contributed by atoms with van der Waals surface area (Å²) in [6.07, 6.45) is 4.14. The van der Waals surface area contributed by atoms with E-state index in [2.05, 4.69) is 10.3 Å². The van der Waals surface area contributed by atoms with E-state index in [1.165, 1.54) is 12.0 Å². The molecule has 2 rings (SSSR count). The van der Waals surface area contributed by atoms with E-state index < -0.39 is 0 Å². The van der Waals surface area contributed by atoms with Crippen molar-refractivity contribution in [2.45, 2.75) is 23.8 Å². The van der Waals surface area contributed by atoms with Crippen molar-refractivity contribution in [1.82, 2.24) is 10.3 Å². The fourth-order valence-electron chi connectivity index (χ4n) is 1.48. The van der Waals surface area contributed by atoms with Crippen LogP contribution in [0.5, 0.6) is 0 Å². The minimum Gasteiger partial charge on any atom is -0.383 e. The maximum atomic E-state index is 5.71. The van der Waals surface area contributed by atoms with E-state index >= 15 is 0 Å². The van der Waals surface area contributed by atoms with Gasteiger partial charge in [0.25, 0.3) is 0 Å². The summed E-state index contributed by atoms with van der Waals surface area (Å²) < 4.78 is 5.71. The third kappa shape index (κ3) is 3.09. The average molecular weight is 225 g/mol. The van der Waals surface area contributed by atoms with Crippen molar-refractivity contribution in [2.24, 2.45) is 0 Å². The molecule has 5 heteroatoms. The van der Waals surface area contributed by atoms with Crippen LogP contribution in [0.2, 0.25) is 0 Å². The van der Waals surface area contributed by atoms with Gasteiger partial charge in [-0.2, -0.15) is 0 Å². The molecule has 0 aromatic carbocycles. The molecular weight excluding hydrogens is 210 g/mol. The maximum Gasteiger partial charge on any atom is 0.139 e. The first-order valence-electron chi connectivity index (χ1n) is 5.11. The lowest BCUT2D eigenvalue weighted by Crippen LogP contribution is -2.31. The van der Waals surface area contributed by atoms with E-state index in [1.807, 2.05) is 12.1 Å². The van der Waals surface area contributed by atoms with Crippen LogP contribution in [0.4, 0.5) is 5.82 Å². The van der Waals surface area contributed by atoms with E-state index in [0.29, 0.717) is 11.9 Å². The Morgan fingerprint density at radius 3 is 3.00 bits per heavy atom. The number of anilines is 1. The molecule has 0 spiro atoms. The van der Waals surface area contributed by atoms with Crippen LogP contribution >= 0.6 is 12.0 Å². The predicted molar refractivity (Wildman–Crippen MR) is 61.5 cm³/mol. The molecule has 0 saturated carbocycles. The van der Waals surface area contributed by atoms with Gasteiger partial charge in [0, 0.05) is 18.2 Å². The minimum atomic E-state index is 0.329. The lowest BCUT2D eigenvalue weighted by Gasteiger charge is -2.21.